The van der Waals surface area contributed by atoms with Crippen molar-refractivity contribution < 1.29 is 9.05 Å². The van der Waals surface area contributed by atoms with Crippen molar-refractivity contribution in [1.29, 1.82) is 0 Å². The highest BCUT2D eigenvalue weighted by molar-refractivity contribution is 7.72. The quantitative estimate of drug-likeness (QED) is 0.730. The molecule has 2 aliphatic rings. The molecule has 2 unspecified atom stereocenters. The largest absolute Gasteiger partial charge is 0.384 e. The van der Waals surface area contributed by atoms with Gasteiger partial charge in [0.25, 0.3) is 0 Å². The molecule has 1 aromatic rings. The molecule has 0 spiro atoms. The lowest BCUT2D eigenvalue weighted by molar-refractivity contribution is 0.181. The molecule has 3 rings (SSSR count). The van der Waals surface area contributed by atoms with Gasteiger partial charge in [-0.15, -0.1) is 4.67 Å². The van der Waals surface area contributed by atoms with Gasteiger partial charge in [-0.05, 0) is 51.0 Å². The van der Waals surface area contributed by atoms with Crippen LogP contribution < -0.4 is 5.30 Å². The second-order valence-corrected chi connectivity index (χ2v) is 8.04. The number of fused-ring (bicyclic) bond motifs is 1. The molecular formula is C14H21NO2P+. The third-order valence-corrected chi connectivity index (χ3v) is 7.06. The van der Waals surface area contributed by atoms with E-state index in [4.69, 9.17) is 9.05 Å². The monoisotopic (exact) mass is 266 g/mol. The summed E-state index contributed by atoms with van der Waals surface area (Å²) < 4.78 is 14.9. The summed E-state index contributed by atoms with van der Waals surface area (Å²) in [5.74, 6) is 0. The van der Waals surface area contributed by atoms with Crippen molar-refractivity contribution in [3.63, 3.8) is 0 Å². The minimum Gasteiger partial charge on any atom is -0.178 e. The normalized spacial score (nSPS) is 36.0. The maximum Gasteiger partial charge on any atom is 0.384 e. The molecule has 0 aromatic heterocycles. The summed E-state index contributed by atoms with van der Waals surface area (Å²) in [6.45, 7) is 10.5. The topological polar surface area (TPSA) is 21.7 Å². The number of aryl methyl sites for hydroxylation is 2. The molecule has 2 atom stereocenters. The third-order valence-electron chi connectivity index (χ3n) is 3.77. The number of nitrogens with zero attached hydrogens (tertiary/aromatic N) is 1. The van der Waals surface area contributed by atoms with Crippen LogP contribution in [0.2, 0.25) is 0 Å². The fourth-order valence-electron chi connectivity index (χ4n) is 2.78. The molecule has 0 N–H and O–H groups in total. The molecule has 3 nitrogen and oxygen atoms in total. The van der Waals surface area contributed by atoms with Gasteiger partial charge in [0.2, 0.25) is 0 Å². The molecule has 0 saturated carbocycles. The summed E-state index contributed by atoms with van der Waals surface area (Å²) in [4.78, 5) is 0. The van der Waals surface area contributed by atoms with Crippen LogP contribution in [0.4, 0.5) is 0 Å². The standard InChI is InChI=1S/C14H21NO2P/c1-10-5-6-14(7-11(10)2)18-15(8-12(3)16-18)9-13(4)17-18/h5-7,12-13H,8-9H2,1-4H3/q+1. The minimum absolute atomic E-state index is 0.271. The van der Waals surface area contributed by atoms with E-state index in [1.807, 2.05) is 0 Å². The Kier molecular flexibility index (Phi) is 2.98. The zero-order valence-electron chi connectivity index (χ0n) is 11.5. The molecule has 1 aromatic carbocycles. The number of benzene rings is 1. The predicted molar refractivity (Wildman–Crippen MR) is 75.1 cm³/mol. The number of rotatable bonds is 1. The van der Waals surface area contributed by atoms with Crippen LogP contribution in [0.25, 0.3) is 0 Å². The average molecular weight is 266 g/mol. The summed E-state index contributed by atoms with van der Waals surface area (Å²) in [6, 6.07) is 6.60. The lowest BCUT2D eigenvalue weighted by Crippen LogP contribution is -2.23. The molecule has 0 radical (unpaired) electrons. The van der Waals surface area contributed by atoms with E-state index in [0.717, 1.165) is 13.1 Å². The Morgan fingerprint density at radius 3 is 2.22 bits per heavy atom. The lowest BCUT2D eigenvalue weighted by atomic mass is 10.1. The van der Waals surface area contributed by atoms with Crippen LogP contribution in [0.1, 0.15) is 25.0 Å². The smallest absolute Gasteiger partial charge is 0.178 e. The van der Waals surface area contributed by atoms with Crippen molar-refractivity contribution in [3.8, 4) is 0 Å². The Bertz CT molecular complexity index is 463. The van der Waals surface area contributed by atoms with E-state index in [1.165, 1.54) is 16.4 Å². The molecule has 0 amide bonds. The summed E-state index contributed by atoms with van der Waals surface area (Å²) in [7, 11) is -1.99. The first-order valence-electron chi connectivity index (χ1n) is 6.60. The molecule has 2 fully saturated rings. The Morgan fingerprint density at radius 1 is 1.06 bits per heavy atom. The molecule has 98 valence electrons. The van der Waals surface area contributed by atoms with Gasteiger partial charge >= 0.3 is 7.87 Å². The van der Waals surface area contributed by atoms with Crippen LogP contribution in [0.3, 0.4) is 0 Å². The van der Waals surface area contributed by atoms with Gasteiger partial charge in [0, 0.05) is 0 Å². The van der Waals surface area contributed by atoms with Gasteiger partial charge in [0.15, 0.2) is 5.30 Å². The first-order valence-corrected chi connectivity index (χ1v) is 8.18. The van der Waals surface area contributed by atoms with Gasteiger partial charge in [-0.1, -0.05) is 6.07 Å². The molecule has 0 bridgehead atoms. The van der Waals surface area contributed by atoms with Gasteiger partial charge in [-0.25, -0.2) is 0 Å². The summed E-state index contributed by atoms with van der Waals surface area (Å²) in [6.07, 6.45) is 0.542. The summed E-state index contributed by atoms with van der Waals surface area (Å²) in [5.41, 5.74) is 2.64. The van der Waals surface area contributed by atoms with Gasteiger partial charge in [-0.2, -0.15) is 9.05 Å². The van der Waals surface area contributed by atoms with Crippen molar-refractivity contribution in [2.24, 2.45) is 0 Å². The van der Waals surface area contributed by atoms with E-state index in [1.54, 1.807) is 0 Å². The lowest BCUT2D eigenvalue weighted by Gasteiger charge is -2.18. The average Bonchev–Trinajstić information content (AvgIpc) is 2.74. The highest BCUT2D eigenvalue weighted by Crippen LogP contribution is 2.71. The van der Waals surface area contributed by atoms with Gasteiger partial charge in [0.1, 0.15) is 12.2 Å². The van der Waals surface area contributed by atoms with Crippen LogP contribution in [-0.4, -0.2) is 30.0 Å². The van der Waals surface area contributed by atoms with E-state index in [-0.39, 0.29) is 12.2 Å². The maximum atomic E-state index is 6.24. The second kappa shape index (κ2) is 4.28. The Balaban J connectivity index is 2.04. The van der Waals surface area contributed by atoms with Gasteiger partial charge in [-0.3, -0.25) is 0 Å². The maximum absolute atomic E-state index is 6.24. The molecule has 18 heavy (non-hydrogen) atoms. The zero-order chi connectivity index (χ0) is 12.9. The fraction of sp³-hybridized carbons (Fsp3) is 0.571. The Hall–Kier alpha value is -0.470. The van der Waals surface area contributed by atoms with Crippen LogP contribution in [0, 0.1) is 13.8 Å². The molecule has 4 heteroatoms. The van der Waals surface area contributed by atoms with Gasteiger partial charge in [0.05, 0.1) is 13.1 Å². The molecule has 2 aliphatic heterocycles. The first-order chi connectivity index (χ1) is 8.51. The SMILES string of the molecule is Cc1ccc([P+]23OC(C)CN2CC(C)O3)cc1C. The third kappa shape index (κ3) is 1.81. The van der Waals surface area contributed by atoms with Crippen molar-refractivity contribution >= 4 is 13.2 Å². The highest BCUT2D eigenvalue weighted by Gasteiger charge is 2.64. The number of hydrogen-bond donors (Lipinski definition) is 0. The Morgan fingerprint density at radius 2 is 1.67 bits per heavy atom. The fourth-order valence-corrected chi connectivity index (χ4v) is 6.29. The van der Waals surface area contributed by atoms with E-state index in [0.29, 0.717) is 0 Å². The van der Waals surface area contributed by atoms with E-state index in [9.17, 15) is 0 Å². The Labute approximate surface area is 110 Å². The van der Waals surface area contributed by atoms with Crippen molar-refractivity contribution in [2.45, 2.75) is 39.9 Å². The van der Waals surface area contributed by atoms with Crippen LogP contribution in [0.5, 0.6) is 0 Å². The first kappa shape index (κ1) is 12.6. The van der Waals surface area contributed by atoms with E-state index < -0.39 is 7.87 Å². The minimum atomic E-state index is -1.99. The molecule has 2 saturated heterocycles. The molecule has 2 heterocycles. The number of hydrogen-bond acceptors (Lipinski definition) is 3. The van der Waals surface area contributed by atoms with Crippen molar-refractivity contribution in [3.05, 3.63) is 29.3 Å². The molecule has 0 aliphatic carbocycles. The highest BCUT2D eigenvalue weighted by atomic mass is 31.2. The van der Waals surface area contributed by atoms with Crippen LogP contribution in [0.15, 0.2) is 18.2 Å². The summed E-state index contributed by atoms with van der Waals surface area (Å²) >= 11 is 0. The van der Waals surface area contributed by atoms with E-state index >= 15 is 0 Å². The predicted octanol–water partition coefficient (Wildman–Crippen LogP) is 2.83. The molecular weight excluding hydrogens is 245 g/mol. The van der Waals surface area contributed by atoms with Crippen molar-refractivity contribution in [2.75, 3.05) is 13.1 Å². The zero-order valence-corrected chi connectivity index (χ0v) is 12.4. The summed E-state index contributed by atoms with van der Waals surface area (Å²) in [5, 5.41) is 1.24. The van der Waals surface area contributed by atoms with Crippen LogP contribution in [-0.2, 0) is 9.05 Å². The second-order valence-electron chi connectivity index (χ2n) is 5.49. The van der Waals surface area contributed by atoms with Crippen molar-refractivity contribution in [1.82, 2.24) is 4.67 Å². The van der Waals surface area contributed by atoms with Gasteiger partial charge < -0.3 is 0 Å². The van der Waals surface area contributed by atoms with Crippen LogP contribution >= 0.6 is 7.87 Å². The van der Waals surface area contributed by atoms with E-state index in [2.05, 4.69) is 50.6 Å².